The number of hydrogen-bond donors (Lipinski definition) is 1. The van der Waals surface area contributed by atoms with Gasteiger partial charge in [0.05, 0.1) is 4.92 Å². The second kappa shape index (κ2) is 5.48. The van der Waals surface area contributed by atoms with E-state index in [0.29, 0.717) is 12.0 Å². The number of nitro groups is 1. The van der Waals surface area contributed by atoms with Crippen molar-refractivity contribution in [1.29, 1.82) is 0 Å². The molecule has 20 heavy (non-hydrogen) atoms. The number of nitro benzene ring substituents is 1. The highest BCUT2D eigenvalue weighted by molar-refractivity contribution is 5.93. The predicted octanol–water partition coefficient (Wildman–Crippen LogP) is 2.92. The molecule has 2 unspecified atom stereocenters. The van der Waals surface area contributed by atoms with Gasteiger partial charge < -0.3 is 10.0 Å². The van der Waals surface area contributed by atoms with E-state index in [1.54, 1.807) is 6.07 Å². The van der Waals surface area contributed by atoms with Crippen LogP contribution in [0.15, 0.2) is 18.2 Å². The molecule has 1 aromatic carbocycles. The molecule has 0 radical (unpaired) electrons. The van der Waals surface area contributed by atoms with Crippen LogP contribution in [0.1, 0.15) is 37.0 Å². The topological polar surface area (TPSA) is 83.7 Å². The molecular formula is C14H18N2O4. The standard InChI is InChI=1S/C14H18N2O4/c1-9-3-4-10(2)15(8-9)11-5-6-13(16(19)20)12(7-11)14(17)18/h5-7,9-10H,3-4,8H2,1-2H3,(H,17,18). The van der Waals surface area contributed by atoms with Gasteiger partial charge in [0.15, 0.2) is 0 Å². The summed E-state index contributed by atoms with van der Waals surface area (Å²) in [5.74, 6) is -0.731. The van der Waals surface area contributed by atoms with Crippen molar-refractivity contribution >= 4 is 17.3 Å². The average Bonchev–Trinajstić information content (AvgIpc) is 2.40. The third kappa shape index (κ3) is 2.74. The zero-order valence-corrected chi connectivity index (χ0v) is 11.6. The molecule has 0 bridgehead atoms. The Balaban J connectivity index is 2.40. The van der Waals surface area contributed by atoms with E-state index in [1.165, 1.54) is 12.1 Å². The van der Waals surface area contributed by atoms with Crippen LogP contribution in [0.25, 0.3) is 0 Å². The van der Waals surface area contributed by atoms with Crippen molar-refractivity contribution in [2.45, 2.75) is 32.7 Å². The minimum atomic E-state index is -1.27. The Hall–Kier alpha value is -2.11. The lowest BCUT2D eigenvalue weighted by molar-refractivity contribution is -0.385. The summed E-state index contributed by atoms with van der Waals surface area (Å²) in [5, 5.41) is 20.0. The zero-order valence-electron chi connectivity index (χ0n) is 11.6. The number of carboxylic acid groups (broad SMARTS) is 1. The molecule has 1 aliphatic rings. The third-order valence-electron chi connectivity index (χ3n) is 3.86. The number of carbonyl (C=O) groups is 1. The molecule has 1 aliphatic heterocycles. The molecule has 0 saturated carbocycles. The molecule has 0 spiro atoms. The maximum Gasteiger partial charge on any atom is 0.342 e. The van der Waals surface area contributed by atoms with Crippen LogP contribution in [-0.2, 0) is 0 Å². The summed E-state index contributed by atoms with van der Waals surface area (Å²) in [6.07, 6.45) is 2.19. The summed E-state index contributed by atoms with van der Waals surface area (Å²) in [6.45, 7) is 5.09. The first-order valence-corrected chi connectivity index (χ1v) is 6.68. The summed E-state index contributed by atoms with van der Waals surface area (Å²) >= 11 is 0. The molecule has 1 saturated heterocycles. The summed E-state index contributed by atoms with van der Waals surface area (Å²) < 4.78 is 0. The van der Waals surface area contributed by atoms with Crippen LogP contribution in [0.3, 0.4) is 0 Å². The van der Waals surface area contributed by atoms with Crippen LogP contribution in [0.4, 0.5) is 11.4 Å². The Morgan fingerprint density at radius 2 is 2.10 bits per heavy atom. The summed E-state index contributed by atoms with van der Waals surface area (Å²) in [5.41, 5.74) is 0.129. The Morgan fingerprint density at radius 3 is 2.70 bits per heavy atom. The van der Waals surface area contributed by atoms with E-state index in [9.17, 15) is 14.9 Å². The fourth-order valence-corrected chi connectivity index (χ4v) is 2.68. The van der Waals surface area contributed by atoms with Crippen molar-refractivity contribution in [1.82, 2.24) is 0 Å². The van der Waals surface area contributed by atoms with Crippen LogP contribution < -0.4 is 4.90 Å². The van der Waals surface area contributed by atoms with Crippen molar-refractivity contribution in [3.05, 3.63) is 33.9 Å². The highest BCUT2D eigenvalue weighted by Gasteiger charge is 2.26. The fourth-order valence-electron chi connectivity index (χ4n) is 2.68. The van der Waals surface area contributed by atoms with Gasteiger partial charge in [-0.1, -0.05) is 6.92 Å². The number of anilines is 1. The van der Waals surface area contributed by atoms with E-state index in [2.05, 4.69) is 18.7 Å². The van der Waals surface area contributed by atoms with Crippen LogP contribution >= 0.6 is 0 Å². The van der Waals surface area contributed by atoms with E-state index in [4.69, 9.17) is 5.11 Å². The van der Waals surface area contributed by atoms with E-state index >= 15 is 0 Å². The molecule has 2 atom stereocenters. The first-order valence-electron chi connectivity index (χ1n) is 6.68. The first-order chi connectivity index (χ1) is 9.40. The second-order valence-electron chi connectivity index (χ2n) is 5.45. The van der Waals surface area contributed by atoms with Gasteiger partial charge in [0.25, 0.3) is 5.69 Å². The molecule has 0 aromatic heterocycles. The van der Waals surface area contributed by atoms with Gasteiger partial charge in [-0.25, -0.2) is 4.79 Å². The molecule has 0 aliphatic carbocycles. The quantitative estimate of drug-likeness (QED) is 0.679. The van der Waals surface area contributed by atoms with Gasteiger partial charge in [-0.3, -0.25) is 10.1 Å². The maximum absolute atomic E-state index is 11.2. The number of aromatic carboxylic acids is 1. The van der Waals surface area contributed by atoms with Gasteiger partial charge >= 0.3 is 5.97 Å². The van der Waals surface area contributed by atoms with Crippen molar-refractivity contribution in [2.24, 2.45) is 5.92 Å². The number of piperidine rings is 1. The van der Waals surface area contributed by atoms with Gasteiger partial charge in [0, 0.05) is 24.3 Å². The number of benzene rings is 1. The number of rotatable bonds is 3. The smallest absolute Gasteiger partial charge is 0.342 e. The van der Waals surface area contributed by atoms with E-state index in [0.717, 1.165) is 25.1 Å². The van der Waals surface area contributed by atoms with Crippen molar-refractivity contribution < 1.29 is 14.8 Å². The normalized spacial score (nSPS) is 22.6. The SMILES string of the molecule is CC1CCC(C)N(c2ccc([N+](=O)[O-])c(C(=O)O)c2)C1. The number of nitrogens with zero attached hydrogens (tertiary/aromatic N) is 2. The van der Waals surface area contributed by atoms with Crippen LogP contribution in [0, 0.1) is 16.0 Å². The predicted molar refractivity (Wildman–Crippen MR) is 75.3 cm³/mol. The van der Waals surface area contributed by atoms with E-state index in [1.807, 2.05) is 0 Å². The third-order valence-corrected chi connectivity index (χ3v) is 3.86. The lowest BCUT2D eigenvalue weighted by Crippen LogP contribution is -2.41. The summed E-state index contributed by atoms with van der Waals surface area (Å²) in [4.78, 5) is 23.5. The van der Waals surface area contributed by atoms with Gasteiger partial charge in [-0.05, 0) is 37.8 Å². The maximum atomic E-state index is 11.2. The van der Waals surface area contributed by atoms with Crippen molar-refractivity contribution in [3.63, 3.8) is 0 Å². The zero-order chi connectivity index (χ0) is 14.9. The molecule has 6 nitrogen and oxygen atoms in total. The van der Waals surface area contributed by atoms with Crippen LogP contribution in [0.5, 0.6) is 0 Å². The lowest BCUT2D eigenvalue weighted by atomic mass is 9.94. The summed E-state index contributed by atoms with van der Waals surface area (Å²) in [7, 11) is 0. The molecule has 1 fully saturated rings. The summed E-state index contributed by atoms with van der Waals surface area (Å²) in [6, 6.07) is 4.65. The van der Waals surface area contributed by atoms with Gasteiger partial charge in [0.1, 0.15) is 5.56 Å². The number of carboxylic acids is 1. The molecule has 1 N–H and O–H groups in total. The van der Waals surface area contributed by atoms with E-state index in [-0.39, 0.29) is 11.3 Å². The fraction of sp³-hybridized carbons (Fsp3) is 0.500. The minimum Gasteiger partial charge on any atom is -0.477 e. The first kappa shape index (κ1) is 14.3. The molecule has 0 amide bonds. The van der Waals surface area contributed by atoms with Crippen molar-refractivity contribution in [2.75, 3.05) is 11.4 Å². The molecule has 1 aromatic rings. The average molecular weight is 278 g/mol. The van der Waals surface area contributed by atoms with Gasteiger partial charge in [-0.2, -0.15) is 0 Å². The van der Waals surface area contributed by atoms with Crippen LogP contribution in [-0.4, -0.2) is 28.6 Å². The Kier molecular flexibility index (Phi) is 3.92. The molecule has 108 valence electrons. The highest BCUT2D eigenvalue weighted by Crippen LogP contribution is 2.31. The molecule has 6 heteroatoms. The molecule has 2 rings (SSSR count). The molecule has 1 heterocycles. The Labute approximate surface area is 117 Å². The number of hydrogen-bond acceptors (Lipinski definition) is 4. The largest absolute Gasteiger partial charge is 0.477 e. The van der Waals surface area contributed by atoms with Crippen molar-refractivity contribution in [3.8, 4) is 0 Å². The monoisotopic (exact) mass is 278 g/mol. The van der Waals surface area contributed by atoms with Gasteiger partial charge in [0.2, 0.25) is 0 Å². The lowest BCUT2D eigenvalue weighted by Gasteiger charge is -2.38. The minimum absolute atomic E-state index is 0.252. The van der Waals surface area contributed by atoms with E-state index < -0.39 is 10.9 Å². The molecular weight excluding hydrogens is 260 g/mol. The highest BCUT2D eigenvalue weighted by atomic mass is 16.6. The second-order valence-corrected chi connectivity index (χ2v) is 5.45. The Morgan fingerprint density at radius 1 is 1.40 bits per heavy atom. The van der Waals surface area contributed by atoms with Gasteiger partial charge in [-0.15, -0.1) is 0 Å². The Bertz CT molecular complexity index is 544. The van der Waals surface area contributed by atoms with Crippen LogP contribution in [0.2, 0.25) is 0 Å².